The van der Waals surface area contributed by atoms with E-state index >= 15 is 0 Å². The first kappa shape index (κ1) is 17.7. The second-order valence-corrected chi connectivity index (χ2v) is 5.37. The number of hydrogen-bond acceptors (Lipinski definition) is 1. The lowest BCUT2D eigenvalue weighted by Gasteiger charge is -2.01. The Kier molecular flexibility index (Phi) is 16.4. The molecule has 0 aromatic heterocycles. The standard InChI is InChI=1S/C17H35N/c1-2-3-4-5-6-7-8-9-10-11-12-13-14-15-16-17-18/h14-15H,2-13,16-18H2,1H3. The van der Waals surface area contributed by atoms with Gasteiger partial charge in [-0.1, -0.05) is 83.3 Å². The summed E-state index contributed by atoms with van der Waals surface area (Å²) in [5.74, 6) is 0. The second-order valence-electron chi connectivity index (χ2n) is 5.37. The molecule has 0 spiro atoms. The zero-order chi connectivity index (χ0) is 13.3. The first-order valence-electron chi connectivity index (χ1n) is 8.27. The average molecular weight is 253 g/mol. The van der Waals surface area contributed by atoms with Crippen LogP contribution in [0.3, 0.4) is 0 Å². The summed E-state index contributed by atoms with van der Waals surface area (Å²) in [6.45, 7) is 3.07. The van der Waals surface area contributed by atoms with Crippen molar-refractivity contribution in [3.05, 3.63) is 12.2 Å². The lowest BCUT2D eigenvalue weighted by atomic mass is 10.1. The minimum absolute atomic E-state index is 0.786. The molecule has 0 rings (SSSR count). The second kappa shape index (κ2) is 16.7. The minimum Gasteiger partial charge on any atom is -0.330 e. The van der Waals surface area contributed by atoms with E-state index in [0.29, 0.717) is 0 Å². The minimum atomic E-state index is 0.786. The van der Waals surface area contributed by atoms with E-state index in [-0.39, 0.29) is 0 Å². The summed E-state index contributed by atoms with van der Waals surface area (Å²) < 4.78 is 0. The molecule has 0 heterocycles. The predicted molar refractivity (Wildman–Crippen MR) is 83.9 cm³/mol. The van der Waals surface area contributed by atoms with Gasteiger partial charge < -0.3 is 5.73 Å². The molecule has 0 unspecified atom stereocenters. The lowest BCUT2D eigenvalue weighted by Crippen LogP contribution is -1.94. The Balaban J connectivity index is 2.94. The molecule has 2 N–H and O–H groups in total. The molecule has 0 bridgehead atoms. The Hall–Kier alpha value is -0.300. The van der Waals surface area contributed by atoms with Gasteiger partial charge >= 0.3 is 0 Å². The molecule has 108 valence electrons. The van der Waals surface area contributed by atoms with Crippen molar-refractivity contribution >= 4 is 0 Å². The predicted octanol–water partition coefficient (Wildman–Crippen LogP) is 5.59. The molecule has 0 aliphatic carbocycles. The average Bonchev–Trinajstić information content (AvgIpc) is 2.39. The monoisotopic (exact) mass is 253 g/mol. The lowest BCUT2D eigenvalue weighted by molar-refractivity contribution is 0.550. The summed E-state index contributed by atoms with van der Waals surface area (Å²) in [5, 5.41) is 0. The van der Waals surface area contributed by atoms with E-state index in [1.165, 1.54) is 77.0 Å². The van der Waals surface area contributed by atoms with E-state index in [9.17, 15) is 0 Å². The van der Waals surface area contributed by atoms with Crippen molar-refractivity contribution in [2.24, 2.45) is 5.73 Å². The van der Waals surface area contributed by atoms with Crippen LogP contribution in [-0.2, 0) is 0 Å². The van der Waals surface area contributed by atoms with Crippen LogP contribution in [0.2, 0.25) is 0 Å². The number of nitrogens with two attached hydrogens (primary N) is 1. The van der Waals surface area contributed by atoms with Crippen LogP contribution >= 0.6 is 0 Å². The number of allylic oxidation sites excluding steroid dienone is 1. The van der Waals surface area contributed by atoms with Gasteiger partial charge in [-0.05, 0) is 25.8 Å². The van der Waals surface area contributed by atoms with Crippen molar-refractivity contribution < 1.29 is 0 Å². The zero-order valence-electron chi connectivity index (χ0n) is 12.6. The van der Waals surface area contributed by atoms with Crippen molar-refractivity contribution in [2.75, 3.05) is 6.54 Å². The van der Waals surface area contributed by atoms with Gasteiger partial charge in [0, 0.05) is 0 Å². The van der Waals surface area contributed by atoms with Gasteiger partial charge in [-0.2, -0.15) is 0 Å². The maximum atomic E-state index is 5.42. The van der Waals surface area contributed by atoms with Gasteiger partial charge in [0.05, 0.1) is 0 Å². The molecule has 0 aromatic rings. The fourth-order valence-corrected chi connectivity index (χ4v) is 2.26. The molecule has 0 amide bonds. The van der Waals surface area contributed by atoms with Gasteiger partial charge in [-0.15, -0.1) is 0 Å². The number of unbranched alkanes of at least 4 members (excludes halogenated alkanes) is 11. The Morgan fingerprint density at radius 2 is 1.06 bits per heavy atom. The Morgan fingerprint density at radius 1 is 0.611 bits per heavy atom. The van der Waals surface area contributed by atoms with Crippen molar-refractivity contribution in [1.29, 1.82) is 0 Å². The van der Waals surface area contributed by atoms with Crippen molar-refractivity contribution in [3.8, 4) is 0 Å². The van der Waals surface area contributed by atoms with E-state index < -0.39 is 0 Å². The highest BCUT2D eigenvalue weighted by molar-refractivity contribution is 4.81. The summed E-state index contributed by atoms with van der Waals surface area (Å²) >= 11 is 0. The molecule has 0 aliphatic heterocycles. The summed E-state index contributed by atoms with van der Waals surface area (Å²) in [5.41, 5.74) is 5.42. The van der Waals surface area contributed by atoms with Crippen LogP contribution < -0.4 is 5.73 Å². The van der Waals surface area contributed by atoms with Crippen LogP contribution in [0.5, 0.6) is 0 Å². The molecule has 0 aliphatic rings. The molecule has 18 heavy (non-hydrogen) atoms. The van der Waals surface area contributed by atoms with Gasteiger partial charge in [0.2, 0.25) is 0 Å². The molecule has 0 aromatic carbocycles. The van der Waals surface area contributed by atoms with E-state index in [4.69, 9.17) is 5.73 Å². The smallest absolute Gasteiger partial charge is 0.00426 e. The van der Waals surface area contributed by atoms with Crippen LogP contribution in [0.1, 0.15) is 90.4 Å². The molecule has 0 radical (unpaired) electrons. The summed E-state index contributed by atoms with van der Waals surface area (Å²) in [7, 11) is 0. The van der Waals surface area contributed by atoms with Gasteiger partial charge in [-0.25, -0.2) is 0 Å². The Morgan fingerprint density at radius 3 is 1.56 bits per heavy atom. The molecule has 0 fully saturated rings. The number of rotatable bonds is 14. The summed E-state index contributed by atoms with van der Waals surface area (Å²) in [6.07, 6.45) is 22.5. The van der Waals surface area contributed by atoms with Crippen molar-refractivity contribution in [1.82, 2.24) is 0 Å². The third-order valence-electron chi connectivity index (χ3n) is 3.47. The Bertz CT molecular complexity index is 163. The molecule has 0 atom stereocenters. The third-order valence-corrected chi connectivity index (χ3v) is 3.47. The topological polar surface area (TPSA) is 26.0 Å². The van der Waals surface area contributed by atoms with E-state index in [1.54, 1.807) is 0 Å². The van der Waals surface area contributed by atoms with E-state index in [0.717, 1.165) is 13.0 Å². The highest BCUT2D eigenvalue weighted by atomic mass is 14.5. The fourth-order valence-electron chi connectivity index (χ4n) is 2.26. The van der Waals surface area contributed by atoms with E-state index in [1.807, 2.05) is 0 Å². The van der Waals surface area contributed by atoms with Crippen molar-refractivity contribution in [3.63, 3.8) is 0 Å². The maximum Gasteiger partial charge on any atom is -0.00426 e. The molecule has 0 saturated carbocycles. The van der Waals surface area contributed by atoms with E-state index in [2.05, 4.69) is 19.1 Å². The third kappa shape index (κ3) is 15.7. The normalized spacial score (nSPS) is 11.4. The largest absolute Gasteiger partial charge is 0.330 e. The maximum absolute atomic E-state index is 5.42. The number of hydrogen-bond donors (Lipinski definition) is 1. The molecular weight excluding hydrogens is 218 g/mol. The molecule has 1 heteroatoms. The first-order chi connectivity index (χ1) is 8.91. The van der Waals surface area contributed by atoms with Crippen LogP contribution in [0, 0.1) is 0 Å². The van der Waals surface area contributed by atoms with Crippen LogP contribution in [0.25, 0.3) is 0 Å². The van der Waals surface area contributed by atoms with Gasteiger partial charge in [-0.3, -0.25) is 0 Å². The highest BCUT2D eigenvalue weighted by Gasteiger charge is 1.92. The Labute approximate surface area is 115 Å². The quantitative estimate of drug-likeness (QED) is 0.317. The fraction of sp³-hybridized carbons (Fsp3) is 0.882. The SMILES string of the molecule is CCCCCCCCCCCCCC=CCCN. The highest BCUT2D eigenvalue weighted by Crippen LogP contribution is 2.11. The van der Waals surface area contributed by atoms with Crippen LogP contribution in [0.4, 0.5) is 0 Å². The zero-order valence-corrected chi connectivity index (χ0v) is 12.6. The first-order valence-corrected chi connectivity index (χ1v) is 8.27. The summed E-state index contributed by atoms with van der Waals surface area (Å²) in [4.78, 5) is 0. The molecule has 0 saturated heterocycles. The van der Waals surface area contributed by atoms with Gasteiger partial charge in [0.15, 0.2) is 0 Å². The molecular formula is C17H35N. The van der Waals surface area contributed by atoms with Crippen LogP contribution in [-0.4, -0.2) is 6.54 Å². The van der Waals surface area contributed by atoms with Gasteiger partial charge in [0.1, 0.15) is 0 Å². The van der Waals surface area contributed by atoms with Crippen LogP contribution in [0.15, 0.2) is 12.2 Å². The van der Waals surface area contributed by atoms with Crippen molar-refractivity contribution in [2.45, 2.75) is 90.4 Å². The van der Waals surface area contributed by atoms with Gasteiger partial charge in [0.25, 0.3) is 0 Å². The summed E-state index contributed by atoms with van der Waals surface area (Å²) in [6, 6.07) is 0. The molecule has 1 nitrogen and oxygen atoms in total.